The fourth-order valence-electron chi connectivity index (χ4n) is 2.65. The molecule has 9 heteroatoms. The van der Waals surface area contributed by atoms with E-state index in [1.54, 1.807) is 14.0 Å². The largest absolute Gasteiger partial charge is 0.288 e. The highest BCUT2D eigenvalue weighted by Gasteiger charge is 2.23. The summed E-state index contributed by atoms with van der Waals surface area (Å²) in [5.74, 6) is -0.142. The van der Waals surface area contributed by atoms with Crippen LogP contribution in [0, 0.1) is 13.8 Å². The van der Waals surface area contributed by atoms with Crippen LogP contribution in [0.4, 0.5) is 0 Å². The lowest BCUT2D eigenvalue weighted by Gasteiger charge is -2.15. The predicted octanol–water partition coefficient (Wildman–Crippen LogP) is 0.0195. The number of hydrazine groups is 2. The van der Waals surface area contributed by atoms with Crippen molar-refractivity contribution < 1.29 is 4.79 Å². The molecule has 0 radical (unpaired) electrons. The molecule has 0 aliphatic carbocycles. The highest BCUT2D eigenvalue weighted by Crippen LogP contribution is 2.24. The first-order valence-electron chi connectivity index (χ1n) is 7.67. The molecule has 0 fully saturated rings. The predicted molar refractivity (Wildman–Crippen MR) is 93.3 cm³/mol. The third kappa shape index (κ3) is 2.96. The minimum absolute atomic E-state index is 0.170. The normalized spacial score (nSPS) is 13.4. The molecule has 1 aliphatic rings. The number of carbonyl (C=O) groups is 1. The van der Waals surface area contributed by atoms with E-state index in [1.807, 2.05) is 31.2 Å². The van der Waals surface area contributed by atoms with E-state index in [9.17, 15) is 9.59 Å². The van der Waals surface area contributed by atoms with Crippen LogP contribution < -0.4 is 21.9 Å². The Balaban J connectivity index is 2.09. The first-order valence-corrected chi connectivity index (χ1v) is 7.67. The fraction of sp³-hybridized carbons (Fsp3) is 0.250. The summed E-state index contributed by atoms with van der Waals surface area (Å²) in [5.41, 5.74) is 7.89. The zero-order chi connectivity index (χ0) is 18.1. The van der Waals surface area contributed by atoms with Crippen molar-refractivity contribution in [1.29, 1.82) is 0 Å². The van der Waals surface area contributed by atoms with E-state index in [2.05, 4.69) is 26.6 Å². The number of hydrazone groups is 1. The molecule has 130 valence electrons. The minimum atomic E-state index is -0.445. The van der Waals surface area contributed by atoms with E-state index in [1.165, 1.54) is 16.7 Å². The van der Waals surface area contributed by atoms with Gasteiger partial charge in [-0.25, -0.2) is 10.2 Å². The molecule has 0 unspecified atom stereocenters. The molecule has 25 heavy (non-hydrogen) atoms. The molecule has 0 atom stereocenters. The number of amides is 1. The minimum Gasteiger partial charge on any atom is -0.288 e. The molecule has 3 rings (SSSR count). The number of hydrogen-bond acceptors (Lipinski definition) is 7. The lowest BCUT2D eigenvalue weighted by molar-refractivity contribution is 0.0964. The number of hydrogen-bond donors (Lipinski definition) is 3. The van der Waals surface area contributed by atoms with Crippen molar-refractivity contribution in [3.05, 3.63) is 51.4 Å². The zero-order valence-corrected chi connectivity index (χ0v) is 14.4. The lowest BCUT2D eigenvalue weighted by Crippen LogP contribution is -2.45. The van der Waals surface area contributed by atoms with Gasteiger partial charge >= 0.3 is 0 Å². The van der Waals surface area contributed by atoms with Crippen molar-refractivity contribution >= 4 is 11.9 Å². The quantitative estimate of drug-likeness (QED) is 0.711. The van der Waals surface area contributed by atoms with Gasteiger partial charge in [-0.1, -0.05) is 24.3 Å². The smallest absolute Gasteiger partial charge is 0.278 e. The maximum Gasteiger partial charge on any atom is 0.278 e. The van der Waals surface area contributed by atoms with E-state index in [0.29, 0.717) is 17.1 Å². The van der Waals surface area contributed by atoms with Gasteiger partial charge in [0.15, 0.2) is 5.69 Å². The summed E-state index contributed by atoms with van der Waals surface area (Å²) in [6, 6.07) is 7.56. The molecule has 9 nitrogen and oxygen atoms in total. The van der Waals surface area contributed by atoms with Crippen molar-refractivity contribution in [3.8, 4) is 11.1 Å². The standard InChI is InChI=1S/C16H19N7O2/c1-9-7-5-6-8-11(9)12-10(2)13(19-22(3)15(12)25)14(24)17-16-18-20-21-23(16)4/h5-8,20-21H,1-4H3,(H,17,18,24). The average molecular weight is 341 g/mol. The third-order valence-corrected chi connectivity index (χ3v) is 4.04. The van der Waals surface area contributed by atoms with Crippen LogP contribution in [-0.2, 0) is 7.05 Å². The van der Waals surface area contributed by atoms with Gasteiger partial charge in [-0.2, -0.15) is 5.10 Å². The molecular formula is C16H19N7O2. The Kier molecular flexibility index (Phi) is 4.24. The number of nitrogens with zero attached hydrogens (tertiary/aromatic N) is 4. The summed E-state index contributed by atoms with van der Waals surface area (Å²) < 4.78 is 1.18. The van der Waals surface area contributed by atoms with Crippen molar-refractivity contribution in [2.24, 2.45) is 12.1 Å². The zero-order valence-electron chi connectivity index (χ0n) is 14.4. The number of nitrogens with one attached hydrogen (secondary N) is 3. The molecule has 1 amide bonds. The van der Waals surface area contributed by atoms with Crippen LogP contribution in [-0.4, -0.2) is 33.7 Å². The van der Waals surface area contributed by atoms with Gasteiger partial charge in [0, 0.05) is 14.1 Å². The summed E-state index contributed by atoms with van der Waals surface area (Å²) in [6.07, 6.45) is 0. The number of rotatable bonds is 2. The van der Waals surface area contributed by atoms with Gasteiger partial charge in [-0.05, 0) is 30.5 Å². The summed E-state index contributed by atoms with van der Waals surface area (Å²) >= 11 is 0. The van der Waals surface area contributed by atoms with Gasteiger partial charge in [-0.15, -0.1) is 10.6 Å². The topological polar surface area (TPSA) is 104 Å². The van der Waals surface area contributed by atoms with Gasteiger partial charge < -0.3 is 0 Å². The maximum absolute atomic E-state index is 12.6. The van der Waals surface area contributed by atoms with Gasteiger partial charge in [0.2, 0.25) is 5.96 Å². The second kappa shape index (κ2) is 6.36. The molecule has 1 aromatic heterocycles. The van der Waals surface area contributed by atoms with Crippen molar-refractivity contribution in [2.75, 3.05) is 7.05 Å². The van der Waals surface area contributed by atoms with Gasteiger partial charge in [0.05, 0.1) is 5.56 Å². The Hall–Kier alpha value is -3.20. The number of benzene rings is 1. The van der Waals surface area contributed by atoms with Crippen LogP contribution in [0.2, 0.25) is 0 Å². The summed E-state index contributed by atoms with van der Waals surface area (Å²) in [6.45, 7) is 3.65. The fourth-order valence-corrected chi connectivity index (χ4v) is 2.65. The molecule has 0 saturated carbocycles. The van der Waals surface area contributed by atoms with Crippen molar-refractivity contribution in [2.45, 2.75) is 13.8 Å². The maximum atomic E-state index is 12.6. The van der Waals surface area contributed by atoms with Crippen LogP contribution in [0.5, 0.6) is 0 Å². The summed E-state index contributed by atoms with van der Waals surface area (Å²) in [4.78, 5) is 25.3. The summed E-state index contributed by atoms with van der Waals surface area (Å²) in [7, 11) is 3.22. The SMILES string of the molecule is Cc1ccccc1-c1c(C)c(C(=O)NC2=NNNN2C)nn(C)c1=O. The van der Waals surface area contributed by atoms with E-state index in [-0.39, 0.29) is 11.3 Å². The van der Waals surface area contributed by atoms with Gasteiger partial charge in [-0.3, -0.25) is 19.9 Å². The lowest BCUT2D eigenvalue weighted by atomic mass is 9.97. The second-order valence-corrected chi connectivity index (χ2v) is 5.76. The number of carbonyl (C=O) groups excluding carboxylic acids is 1. The molecular weight excluding hydrogens is 322 g/mol. The second-order valence-electron chi connectivity index (χ2n) is 5.76. The number of guanidine groups is 1. The van der Waals surface area contributed by atoms with Crippen molar-refractivity contribution in [1.82, 2.24) is 31.2 Å². The van der Waals surface area contributed by atoms with Crippen LogP contribution in [0.15, 0.2) is 34.2 Å². The van der Waals surface area contributed by atoms with Crippen LogP contribution >= 0.6 is 0 Å². The molecule has 1 aromatic carbocycles. The number of aromatic nitrogens is 2. The molecule has 1 aliphatic heterocycles. The molecule has 2 aromatic rings. The highest BCUT2D eigenvalue weighted by molar-refractivity contribution is 6.06. The molecule has 0 saturated heterocycles. The molecule has 0 spiro atoms. The average Bonchev–Trinajstić information content (AvgIpc) is 2.97. The van der Waals surface area contributed by atoms with Crippen LogP contribution in [0.3, 0.4) is 0 Å². The third-order valence-electron chi connectivity index (χ3n) is 4.04. The Morgan fingerprint density at radius 1 is 1.20 bits per heavy atom. The first-order chi connectivity index (χ1) is 11.9. The van der Waals surface area contributed by atoms with Crippen LogP contribution in [0.1, 0.15) is 21.6 Å². The first kappa shape index (κ1) is 16.7. The Morgan fingerprint density at radius 2 is 1.92 bits per heavy atom. The number of aryl methyl sites for hydroxylation is 2. The molecule has 0 bridgehead atoms. The molecule has 2 heterocycles. The highest BCUT2D eigenvalue weighted by atomic mass is 16.2. The Labute approximate surface area is 144 Å². The summed E-state index contributed by atoms with van der Waals surface area (Å²) in [5, 5.41) is 12.2. The Bertz CT molecular complexity index is 933. The van der Waals surface area contributed by atoms with Crippen LogP contribution in [0.25, 0.3) is 11.1 Å². The Morgan fingerprint density at radius 3 is 2.56 bits per heavy atom. The van der Waals surface area contributed by atoms with Gasteiger partial charge in [0.25, 0.3) is 11.5 Å². The van der Waals surface area contributed by atoms with Crippen molar-refractivity contribution in [3.63, 3.8) is 0 Å². The monoisotopic (exact) mass is 341 g/mol. The molecule has 3 N–H and O–H groups in total. The van der Waals surface area contributed by atoms with E-state index >= 15 is 0 Å². The van der Waals surface area contributed by atoms with Gasteiger partial charge in [0.1, 0.15) is 0 Å². The van der Waals surface area contributed by atoms with E-state index in [4.69, 9.17) is 0 Å². The van der Waals surface area contributed by atoms with E-state index < -0.39 is 5.91 Å². The van der Waals surface area contributed by atoms with E-state index in [0.717, 1.165) is 11.1 Å².